The lowest BCUT2D eigenvalue weighted by Crippen LogP contribution is -2.24. The predicted molar refractivity (Wildman–Crippen MR) is 60.7 cm³/mol. The van der Waals surface area contributed by atoms with E-state index in [9.17, 15) is 0 Å². The topological polar surface area (TPSA) is 3.24 Å². The average molecular weight is 183 g/mol. The van der Waals surface area contributed by atoms with Gasteiger partial charge in [0.25, 0.3) is 0 Å². The minimum absolute atomic E-state index is 0.422. The molecular formula is C12H25N. The Hall–Kier alpha value is -0.460. The van der Waals surface area contributed by atoms with Gasteiger partial charge in [-0.25, -0.2) is 0 Å². The lowest BCUT2D eigenvalue weighted by atomic mass is 9.92. The highest BCUT2D eigenvalue weighted by atomic mass is 15.1. The van der Waals surface area contributed by atoms with Crippen LogP contribution in [0.3, 0.4) is 0 Å². The maximum atomic E-state index is 4.08. The van der Waals surface area contributed by atoms with Crippen LogP contribution in [0.1, 0.15) is 41.0 Å². The summed E-state index contributed by atoms with van der Waals surface area (Å²) in [5, 5.41) is 0. The molecule has 78 valence electrons. The van der Waals surface area contributed by atoms with Crippen LogP contribution in [0, 0.1) is 11.3 Å². The Balaban J connectivity index is 3.88. The van der Waals surface area contributed by atoms with Crippen LogP contribution >= 0.6 is 0 Å². The minimum Gasteiger partial charge on any atom is -0.378 e. The Bertz CT molecular complexity index is 162. The normalized spacial score (nSPS) is 11.9. The minimum atomic E-state index is 0.422. The van der Waals surface area contributed by atoms with Gasteiger partial charge in [-0.2, -0.15) is 0 Å². The number of hydrogen-bond donors (Lipinski definition) is 0. The summed E-state index contributed by atoms with van der Waals surface area (Å²) < 4.78 is 0. The zero-order chi connectivity index (χ0) is 10.6. The van der Waals surface area contributed by atoms with Crippen LogP contribution < -0.4 is 0 Å². The summed E-state index contributed by atoms with van der Waals surface area (Å²) in [4.78, 5) is 2.27. The third-order valence-corrected chi connectivity index (χ3v) is 2.35. The lowest BCUT2D eigenvalue weighted by Gasteiger charge is -2.28. The standard InChI is InChI=1S/C12H25N/c1-10(2)11(3)13(7)9-8-12(4,5)6/h10H,3,8-9H2,1-2,4-7H3. The maximum absolute atomic E-state index is 4.08. The summed E-state index contributed by atoms with van der Waals surface area (Å²) >= 11 is 0. The summed E-state index contributed by atoms with van der Waals surface area (Å²) in [6.07, 6.45) is 1.22. The summed E-state index contributed by atoms with van der Waals surface area (Å²) in [5.41, 5.74) is 1.66. The molecule has 13 heavy (non-hydrogen) atoms. The predicted octanol–water partition coefficient (Wildman–Crippen LogP) is 3.52. The van der Waals surface area contributed by atoms with Crippen molar-refractivity contribution in [3.8, 4) is 0 Å². The van der Waals surface area contributed by atoms with E-state index in [4.69, 9.17) is 0 Å². The van der Waals surface area contributed by atoms with Crippen LogP contribution in [-0.2, 0) is 0 Å². The van der Waals surface area contributed by atoms with Crippen molar-refractivity contribution in [2.24, 2.45) is 11.3 Å². The van der Waals surface area contributed by atoms with E-state index in [0.717, 1.165) is 6.54 Å². The van der Waals surface area contributed by atoms with Gasteiger partial charge in [0.1, 0.15) is 0 Å². The molecule has 0 aliphatic carbocycles. The van der Waals surface area contributed by atoms with E-state index < -0.39 is 0 Å². The van der Waals surface area contributed by atoms with Crippen molar-refractivity contribution in [2.75, 3.05) is 13.6 Å². The summed E-state index contributed by atoms with van der Waals surface area (Å²) in [7, 11) is 2.13. The fourth-order valence-corrected chi connectivity index (χ4v) is 1.09. The molecule has 0 saturated heterocycles. The van der Waals surface area contributed by atoms with Gasteiger partial charge >= 0.3 is 0 Å². The van der Waals surface area contributed by atoms with Crippen LogP contribution in [0.4, 0.5) is 0 Å². The molecule has 0 saturated carbocycles. The molecular weight excluding hydrogens is 158 g/mol. The van der Waals surface area contributed by atoms with E-state index in [1.165, 1.54) is 12.1 Å². The van der Waals surface area contributed by atoms with Gasteiger partial charge in [0, 0.05) is 19.3 Å². The largest absolute Gasteiger partial charge is 0.378 e. The van der Waals surface area contributed by atoms with E-state index in [0.29, 0.717) is 11.3 Å². The number of nitrogens with zero attached hydrogens (tertiary/aromatic N) is 1. The number of hydrogen-bond acceptors (Lipinski definition) is 1. The first-order chi connectivity index (χ1) is 5.74. The average Bonchev–Trinajstić information content (AvgIpc) is 1.97. The molecule has 0 amide bonds. The van der Waals surface area contributed by atoms with Gasteiger partial charge in [-0.3, -0.25) is 0 Å². The Morgan fingerprint density at radius 3 is 2.08 bits per heavy atom. The molecule has 0 radical (unpaired) electrons. The first-order valence-electron chi connectivity index (χ1n) is 5.14. The molecule has 0 bridgehead atoms. The Morgan fingerprint density at radius 1 is 1.31 bits per heavy atom. The third-order valence-electron chi connectivity index (χ3n) is 2.35. The smallest absolute Gasteiger partial charge is 0.0176 e. The second-order valence-corrected chi connectivity index (χ2v) is 5.38. The Kier molecular flexibility index (Phi) is 4.52. The molecule has 1 heteroatoms. The van der Waals surface area contributed by atoms with Crippen molar-refractivity contribution in [3.05, 3.63) is 12.3 Å². The molecule has 0 spiro atoms. The molecule has 0 aromatic carbocycles. The fourth-order valence-electron chi connectivity index (χ4n) is 1.09. The zero-order valence-electron chi connectivity index (χ0n) is 10.1. The molecule has 0 aliphatic heterocycles. The van der Waals surface area contributed by atoms with Gasteiger partial charge in [0.2, 0.25) is 0 Å². The summed E-state index contributed by atoms with van der Waals surface area (Å²) in [5.74, 6) is 0.560. The molecule has 1 nitrogen and oxygen atoms in total. The number of rotatable bonds is 4. The highest BCUT2D eigenvalue weighted by Crippen LogP contribution is 2.20. The number of allylic oxidation sites excluding steroid dienone is 1. The van der Waals surface area contributed by atoms with Crippen LogP contribution in [0.25, 0.3) is 0 Å². The fraction of sp³-hybridized carbons (Fsp3) is 0.833. The molecule has 0 aromatic heterocycles. The summed E-state index contributed by atoms with van der Waals surface area (Å²) in [6, 6.07) is 0. The first kappa shape index (κ1) is 12.5. The molecule has 0 aliphatic rings. The molecule has 0 N–H and O–H groups in total. The molecule has 0 fully saturated rings. The summed E-state index contributed by atoms with van der Waals surface area (Å²) in [6.45, 7) is 16.4. The second kappa shape index (κ2) is 4.69. The molecule has 0 unspecified atom stereocenters. The van der Waals surface area contributed by atoms with Gasteiger partial charge in [-0.1, -0.05) is 41.2 Å². The Labute approximate surface area is 83.8 Å². The first-order valence-corrected chi connectivity index (χ1v) is 5.14. The van der Waals surface area contributed by atoms with Gasteiger partial charge in [0.15, 0.2) is 0 Å². The van der Waals surface area contributed by atoms with E-state index in [1.54, 1.807) is 0 Å². The highest BCUT2D eigenvalue weighted by molar-refractivity contribution is 4.95. The Morgan fingerprint density at radius 2 is 1.77 bits per heavy atom. The molecule has 0 rings (SSSR count). The van der Waals surface area contributed by atoms with Gasteiger partial charge in [0.05, 0.1) is 0 Å². The lowest BCUT2D eigenvalue weighted by molar-refractivity contribution is 0.288. The van der Waals surface area contributed by atoms with E-state index >= 15 is 0 Å². The van der Waals surface area contributed by atoms with Crippen LogP contribution in [0.5, 0.6) is 0 Å². The van der Waals surface area contributed by atoms with E-state index in [2.05, 4.69) is 53.1 Å². The zero-order valence-corrected chi connectivity index (χ0v) is 10.1. The maximum Gasteiger partial charge on any atom is 0.0176 e. The van der Waals surface area contributed by atoms with Crippen LogP contribution in [0.15, 0.2) is 12.3 Å². The van der Waals surface area contributed by atoms with Crippen LogP contribution in [0.2, 0.25) is 0 Å². The van der Waals surface area contributed by atoms with E-state index in [-0.39, 0.29) is 0 Å². The van der Waals surface area contributed by atoms with Gasteiger partial charge in [-0.15, -0.1) is 0 Å². The van der Waals surface area contributed by atoms with Crippen molar-refractivity contribution >= 4 is 0 Å². The quantitative estimate of drug-likeness (QED) is 0.644. The molecule has 0 atom stereocenters. The van der Waals surface area contributed by atoms with Crippen molar-refractivity contribution in [1.82, 2.24) is 4.90 Å². The highest BCUT2D eigenvalue weighted by Gasteiger charge is 2.12. The second-order valence-electron chi connectivity index (χ2n) is 5.38. The van der Waals surface area contributed by atoms with Gasteiger partial charge < -0.3 is 4.90 Å². The molecule has 0 heterocycles. The van der Waals surface area contributed by atoms with E-state index in [1.807, 2.05) is 0 Å². The van der Waals surface area contributed by atoms with Gasteiger partial charge in [-0.05, 0) is 17.8 Å². The van der Waals surface area contributed by atoms with Crippen molar-refractivity contribution in [2.45, 2.75) is 41.0 Å². The SMILES string of the molecule is C=C(C(C)C)N(C)CCC(C)(C)C. The van der Waals surface area contributed by atoms with Crippen molar-refractivity contribution in [3.63, 3.8) is 0 Å². The van der Waals surface area contributed by atoms with Crippen molar-refractivity contribution in [1.29, 1.82) is 0 Å². The van der Waals surface area contributed by atoms with Crippen molar-refractivity contribution < 1.29 is 0 Å². The third kappa shape index (κ3) is 5.73. The van der Waals surface area contributed by atoms with Crippen LogP contribution in [-0.4, -0.2) is 18.5 Å². The monoisotopic (exact) mass is 183 g/mol. The molecule has 0 aromatic rings.